The molecule has 1 fully saturated rings. The largest absolute Gasteiger partial charge is 0.483 e. The second kappa shape index (κ2) is 6.06. The molecule has 2 rings (SSSR count). The van der Waals surface area contributed by atoms with Crippen LogP contribution in [0.25, 0.3) is 0 Å². The summed E-state index contributed by atoms with van der Waals surface area (Å²) in [6.45, 7) is 6.55. The zero-order valence-corrected chi connectivity index (χ0v) is 11.6. The Morgan fingerprint density at radius 3 is 2.58 bits per heavy atom. The maximum Gasteiger partial charge on any atom is 0.260 e. The van der Waals surface area contributed by atoms with Gasteiger partial charge in [-0.25, -0.2) is 0 Å². The van der Waals surface area contributed by atoms with Crippen LogP contribution in [-0.2, 0) is 11.3 Å². The molecule has 2 N–H and O–H groups in total. The van der Waals surface area contributed by atoms with E-state index >= 15 is 0 Å². The molecule has 1 aliphatic rings. The Hall–Kier alpha value is -1.55. The van der Waals surface area contributed by atoms with Crippen LogP contribution in [0.15, 0.2) is 24.3 Å². The Kier molecular flexibility index (Phi) is 4.43. The predicted octanol–water partition coefficient (Wildman–Crippen LogP) is 1.64. The molecular formula is C15H22N2O2. The number of amides is 1. The van der Waals surface area contributed by atoms with Gasteiger partial charge in [0, 0.05) is 25.2 Å². The van der Waals surface area contributed by atoms with Crippen molar-refractivity contribution in [2.24, 2.45) is 17.6 Å². The van der Waals surface area contributed by atoms with Gasteiger partial charge in [-0.2, -0.15) is 0 Å². The van der Waals surface area contributed by atoms with Crippen LogP contribution in [0.3, 0.4) is 0 Å². The van der Waals surface area contributed by atoms with Crippen molar-refractivity contribution in [1.82, 2.24) is 4.90 Å². The van der Waals surface area contributed by atoms with Crippen LogP contribution in [0, 0.1) is 11.8 Å². The molecular weight excluding hydrogens is 240 g/mol. The SMILES string of the molecule is CC1CN(C(=O)COc2ccccc2CN)CC1C. The number of nitrogens with zero attached hydrogens (tertiary/aromatic N) is 1. The third-order valence-corrected chi connectivity index (χ3v) is 3.88. The molecule has 1 aliphatic heterocycles. The summed E-state index contributed by atoms with van der Waals surface area (Å²) in [5.41, 5.74) is 6.57. The highest BCUT2D eigenvalue weighted by molar-refractivity contribution is 5.78. The van der Waals surface area contributed by atoms with Gasteiger partial charge in [0.25, 0.3) is 5.91 Å². The van der Waals surface area contributed by atoms with E-state index in [-0.39, 0.29) is 12.5 Å². The predicted molar refractivity (Wildman–Crippen MR) is 74.7 cm³/mol. The molecule has 2 unspecified atom stereocenters. The lowest BCUT2D eigenvalue weighted by molar-refractivity contribution is -0.132. The second-order valence-corrected chi connectivity index (χ2v) is 5.35. The molecule has 1 saturated heterocycles. The van der Waals surface area contributed by atoms with E-state index in [1.54, 1.807) is 0 Å². The highest BCUT2D eigenvalue weighted by atomic mass is 16.5. The number of carbonyl (C=O) groups is 1. The fraction of sp³-hybridized carbons (Fsp3) is 0.533. The van der Waals surface area contributed by atoms with E-state index in [1.165, 1.54) is 0 Å². The third kappa shape index (κ3) is 3.26. The molecule has 104 valence electrons. The van der Waals surface area contributed by atoms with Crippen molar-refractivity contribution in [1.29, 1.82) is 0 Å². The molecule has 1 aromatic carbocycles. The van der Waals surface area contributed by atoms with Gasteiger partial charge in [0.05, 0.1) is 0 Å². The van der Waals surface area contributed by atoms with Gasteiger partial charge in [-0.1, -0.05) is 32.0 Å². The van der Waals surface area contributed by atoms with Gasteiger partial charge >= 0.3 is 0 Å². The minimum atomic E-state index is 0.0584. The fourth-order valence-electron chi connectivity index (χ4n) is 2.38. The summed E-state index contributed by atoms with van der Waals surface area (Å²) >= 11 is 0. The normalized spacial score (nSPS) is 22.6. The highest BCUT2D eigenvalue weighted by Crippen LogP contribution is 2.22. The van der Waals surface area contributed by atoms with E-state index in [2.05, 4.69) is 13.8 Å². The van der Waals surface area contributed by atoms with Gasteiger partial charge in [-0.15, -0.1) is 0 Å². The number of carbonyl (C=O) groups excluding carboxylic acids is 1. The van der Waals surface area contributed by atoms with Crippen LogP contribution in [-0.4, -0.2) is 30.5 Å². The summed E-state index contributed by atoms with van der Waals surface area (Å²) in [5, 5.41) is 0. The minimum absolute atomic E-state index is 0.0584. The lowest BCUT2D eigenvalue weighted by Gasteiger charge is -2.17. The smallest absolute Gasteiger partial charge is 0.260 e. The summed E-state index contributed by atoms with van der Waals surface area (Å²) in [4.78, 5) is 14.0. The number of nitrogens with two attached hydrogens (primary N) is 1. The number of benzene rings is 1. The fourth-order valence-corrected chi connectivity index (χ4v) is 2.38. The average Bonchev–Trinajstić information content (AvgIpc) is 2.76. The van der Waals surface area contributed by atoms with Crippen LogP contribution in [0.1, 0.15) is 19.4 Å². The molecule has 2 atom stereocenters. The van der Waals surface area contributed by atoms with Crippen molar-refractivity contribution in [3.8, 4) is 5.75 Å². The maximum absolute atomic E-state index is 12.1. The molecule has 0 radical (unpaired) electrons. The lowest BCUT2D eigenvalue weighted by atomic mass is 10.0. The van der Waals surface area contributed by atoms with Crippen LogP contribution in [0.2, 0.25) is 0 Å². The first-order valence-corrected chi connectivity index (χ1v) is 6.80. The Morgan fingerprint density at radius 2 is 1.95 bits per heavy atom. The average molecular weight is 262 g/mol. The zero-order valence-electron chi connectivity index (χ0n) is 11.6. The first-order chi connectivity index (χ1) is 9.11. The van der Waals surface area contributed by atoms with Gasteiger partial charge in [0.1, 0.15) is 5.75 Å². The third-order valence-electron chi connectivity index (χ3n) is 3.88. The first-order valence-electron chi connectivity index (χ1n) is 6.80. The van der Waals surface area contributed by atoms with Crippen molar-refractivity contribution in [2.75, 3.05) is 19.7 Å². The van der Waals surface area contributed by atoms with Gasteiger partial charge in [-0.05, 0) is 17.9 Å². The second-order valence-electron chi connectivity index (χ2n) is 5.35. The molecule has 0 bridgehead atoms. The Labute approximate surface area is 114 Å². The van der Waals surface area contributed by atoms with Crippen LogP contribution >= 0.6 is 0 Å². The van der Waals surface area contributed by atoms with Crippen molar-refractivity contribution < 1.29 is 9.53 Å². The van der Waals surface area contributed by atoms with Crippen molar-refractivity contribution in [3.05, 3.63) is 29.8 Å². The van der Waals surface area contributed by atoms with Crippen LogP contribution in [0.4, 0.5) is 0 Å². The van der Waals surface area contributed by atoms with E-state index in [1.807, 2.05) is 29.2 Å². The number of hydrogen-bond donors (Lipinski definition) is 1. The van der Waals surface area contributed by atoms with E-state index < -0.39 is 0 Å². The summed E-state index contributed by atoms with van der Waals surface area (Å²) in [6.07, 6.45) is 0. The van der Waals surface area contributed by atoms with Gasteiger partial charge in [-0.3, -0.25) is 4.79 Å². The number of rotatable bonds is 4. The monoisotopic (exact) mass is 262 g/mol. The molecule has 1 aromatic rings. The topological polar surface area (TPSA) is 55.6 Å². The molecule has 4 nitrogen and oxygen atoms in total. The van der Waals surface area contributed by atoms with Gasteiger partial charge < -0.3 is 15.4 Å². The standard InChI is InChI=1S/C15H22N2O2/c1-11-8-17(9-12(11)2)15(18)10-19-14-6-4-3-5-13(14)7-16/h3-6,11-12H,7-10,16H2,1-2H3. The Bertz CT molecular complexity index is 438. The van der Waals surface area contributed by atoms with Crippen molar-refractivity contribution in [2.45, 2.75) is 20.4 Å². The summed E-state index contributed by atoms with van der Waals surface area (Å²) < 4.78 is 5.60. The number of hydrogen-bond acceptors (Lipinski definition) is 3. The molecule has 4 heteroatoms. The summed E-state index contributed by atoms with van der Waals surface area (Å²) in [7, 11) is 0. The van der Waals surface area contributed by atoms with E-state index in [0.717, 1.165) is 18.7 Å². The van der Waals surface area contributed by atoms with Gasteiger partial charge in [0.2, 0.25) is 0 Å². The molecule has 0 saturated carbocycles. The molecule has 0 aliphatic carbocycles. The van der Waals surface area contributed by atoms with Gasteiger partial charge in [0.15, 0.2) is 6.61 Å². The molecule has 19 heavy (non-hydrogen) atoms. The van der Waals surface area contributed by atoms with E-state index in [9.17, 15) is 4.79 Å². The Balaban J connectivity index is 1.90. The van der Waals surface area contributed by atoms with Crippen molar-refractivity contribution in [3.63, 3.8) is 0 Å². The minimum Gasteiger partial charge on any atom is -0.483 e. The quantitative estimate of drug-likeness (QED) is 0.897. The maximum atomic E-state index is 12.1. The molecule has 1 amide bonds. The summed E-state index contributed by atoms with van der Waals surface area (Å²) in [5.74, 6) is 1.90. The molecule has 1 heterocycles. The summed E-state index contributed by atoms with van der Waals surface area (Å²) in [6, 6.07) is 7.57. The van der Waals surface area contributed by atoms with E-state index in [0.29, 0.717) is 24.1 Å². The lowest BCUT2D eigenvalue weighted by Crippen LogP contribution is -2.33. The van der Waals surface area contributed by atoms with Crippen molar-refractivity contribution >= 4 is 5.91 Å². The number of likely N-dealkylation sites (tertiary alicyclic amines) is 1. The van der Waals surface area contributed by atoms with E-state index in [4.69, 9.17) is 10.5 Å². The Morgan fingerprint density at radius 1 is 1.32 bits per heavy atom. The first kappa shape index (κ1) is 13.9. The zero-order chi connectivity index (χ0) is 13.8. The number of ether oxygens (including phenoxy) is 1. The van der Waals surface area contributed by atoms with Crippen LogP contribution in [0.5, 0.6) is 5.75 Å². The number of para-hydroxylation sites is 1. The molecule has 0 spiro atoms. The van der Waals surface area contributed by atoms with Crippen LogP contribution < -0.4 is 10.5 Å². The molecule has 0 aromatic heterocycles. The highest BCUT2D eigenvalue weighted by Gasteiger charge is 2.29.